The van der Waals surface area contributed by atoms with E-state index in [1.165, 1.54) is 6.07 Å². The van der Waals surface area contributed by atoms with Crippen molar-refractivity contribution in [3.05, 3.63) is 88.4 Å². The van der Waals surface area contributed by atoms with Gasteiger partial charge in [0.1, 0.15) is 10.7 Å². The van der Waals surface area contributed by atoms with Crippen molar-refractivity contribution in [1.29, 1.82) is 0 Å². The van der Waals surface area contributed by atoms with E-state index in [4.69, 9.17) is 23.2 Å². The van der Waals surface area contributed by atoms with Gasteiger partial charge in [-0.1, -0.05) is 72.2 Å². The first-order chi connectivity index (χ1) is 13.2. The fourth-order valence-electron chi connectivity index (χ4n) is 2.87. The van der Waals surface area contributed by atoms with Gasteiger partial charge in [0.2, 0.25) is 0 Å². The minimum Gasteiger partial charge on any atom is -0.508 e. The first kappa shape index (κ1) is 20.3. The average molecular weight is 435 g/mol. The second kappa shape index (κ2) is 7.87. The van der Waals surface area contributed by atoms with Gasteiger partial charge in [0.15, 0.2) is 15.6 Å². The Morgan fingerprint density at radius 1 is 0.964 bits per heavy atom. The van der Waals surface area contributed by atoms with E-state index in [9.17, 15) is 18.6 Å². The van der Waals surface area contributed by atoms with Gasteiger partial charge in [0, 0.05) is 10.6 Å². The fraction of sp³-hybridized carbons (Fsp3) is 0.0476. The largest absolute Gasteiger partial charge is 0.508 e. The number of aliphatic hydroxyl groups is 1. The van der Waals surface area contributed by atoms with E-state index in [1.807, 2.05) is 30.3 Å². The summed E-state index contributed by atoms with van der Waals surface area (Å²) in [5.41, 5.74) is 2.31. The zero-order chi connectivity index (χ0) is 20.5. The van der Waals surface area contributed by atoms with E-state index in [1.54, 1.807) is 18.2 Å². The molecule has 3 aromatic carbocycles. The molecule has 0 aromatic heterocycles. The summed E-state index contributed by atoms with van der Waals surface area (Å²) in [6.07, 6.45) is 0. The molecule has 28 heavy (non-hydrogen) atoms. The van der Waals surface area contributed by atoms with Gasteiger partial charge in [0.25, 0.3) is 0 Å². The van der Waals surface area contributed by atoms with Gasteiger partial charge in [-0.15, -0.1) is 0 Å². The SMILES string of the molecule is C=C(O)c1ccc(-c2ccccc2)cc1CS(=O)(=O)c1cc(Cl)cc(Cl)c1O. The monoisotopic (exact) mass is 434 g/mol. The van der Waals surface area contributed by atoms with Crippen LogP contribution in [-0.2, 0) is 15.6 Å². The molecule has 144 valence electrons. The predicted octanol–water partition coefficient (Wildman–Crippen LogP) is 5.87. The average Bonchev–Trinajstić information content (AvgIpc) is 2.64. The third kappa shape index (κ3) is 4.17. The van der Waals surface area contributed by atoms with Crippen LogP contribution in [0.4, 0.5) is 0 Å². The molecular weight excluding hydrogens is 419 g/mol. The summed E-state index contributed by atoms with van der Waals surface area (Å²) in [5.74, 6) is -1.29. The summed E-state index contributed by atoms with van der Waals surface area (Å²) in [7, 11) is -4.02. The first-order valence-electron chi connectivity index (χ1n) is 8.16. The van der Waals surface area contributed by atoms with E-state index < -0.39 is 21.3 Å². The van der Waals surface area contributed by atoms with Gasteiger partial charge >= 0.3 is 0 Å². The van der Waals surface area contributed by atoms with Crippen LogP contribution in [0.1, 0.15) is 11.1 Å². The van der Waals surface area contributed by atoms with Crippen LogP contribution in [-0.4, -0.2) is 18.6 Å². The normalized spacial score (nSPS) is 11.4. The lowest BCUT2D eigenvalue weighted by atomic mass is 9.99. The topological polar surface area (TPSA) is 74.6 Å². The number of phenolic OH excluding ortho intramolecular Hbond substituents is 1. The zero-order valence-corrected chi connectivity index (χ0v) is 16.9. The molecule has 0 spiro atoms. The van der Waals surface area contributed by atoms with Gasteiger partial charge in [0.05, 0.1) is 10.8 Å². The third-order valence-electron chi connectivity index (χ3n) is 4.20. The first-order valence-corrected chi connectivity index (χ1v) is 10.6. The van der Waals surface area contributed by atoms with Crippen molar-refractivity contribution in [3.8, 4) is 16.9 Å². The van der Waals surface area contributed by atoms with Crippen LogP contribution in [0.5, 0.6) is 5.75 Å². The Kier molecular flexibility index (Phi) is 5.70. The van der Waals surface area contributed by atoms with E-state index in [-0.39, 0.29) is 20.7 Å². The standard InChI is InChI=1S/C21H16Cl2O4S/c1-13(24)18-8-7-15(14-5-3-2-4-6-14)9-16(18)12-28(26,27)20-11-17(22)10-19(23)21(20)25/h2-11,24-25H,1,12H2. The zero-order valence-electron chi connectivity index (χ0n) is 14.6. The van der Waals surface area contributed by atoms with Crippen LogP contribution in [0, 0.1) is 0 Å². The van der Waals surface area contributed by atoms with Gasteiger partial charge < -0.3 is 10.2 Å². The van der Waals surface area contributed by atoms with Crippen molar-refractivity contribution >= 4 is 38.8 Å². The molecule has 2 N–H and O–H groups in total. The lowest BCUT2D eigenvalue weighted by Gasteiger charge is -2.13. The van der Waals surface area contributed by atoms with Crippen LogP contribution < -0.4 is 0 Å². The highest BCUT2D eigenvalue weighted by molar-refractivity contribution is 7.90. The number of aromatic hydroxyl groups is 1. The van der Waals surface area contributed by atoms with Crippen LogP contribution >= 0.6 is 23.2 Å². The van der Waals surface area contributed by atoms with Crippen LogP contribution in [0.2, 0.25) is 10.0 Å². The molecule has 0 amide bonds. The Labute approximate surface area is 173 Å². The number of phenols is 1. The van der Waals surface area contributed by atoms with Gasteiger partial charge in [-0.05, 0) is 34.9 Å². The van der Waals surface area contributed by atoms with Gasteiger partial charge in [-0.3, -0.25) is 0 Å². The second-order valence-corrected chi connectivity index (χ2v) is 8.98. The Morgan fingerprint density at radius 2 is 1.64 bits per heavy atom. The summed E-state index contributed by atoms with van der Waals surface area (Å²) >= 11 is 11.8. The minimum absolute atomic E-state index is 0.0891. The van der Waals surface area contributed by atoms with E-state index in [0.29, 0.717) is 11.1 Å². The number of benzene rings is 3. The van der Waals surface area contributed by atoms with Crippen molar-refractivity contribution in [2.45, 2.75) is 10.6 Å². The molecular formula is C21H16Cl2O4S. The van der Waals surface area contributed by atoms with E-state index in [0.717, 1.165) is 17.2 Å². The lowest BCUT2D eigenvalue weighted by Crippen LogP contribution is -2.08. The fourth-order valence-corrected chi connectivity index (χ4v) is 5.00. The molecule has 0 radical (unpaired) electrons. The maximum Gasteiger partial charge on any atom is 0.186 e. The highest BCUT2D eigenvalue weighted by atomic mass is 35.5. The maximum atomic E-state index is 13.0. The summed E-state index contributed by atoms with van der Waals surface area (Å²) < 4.78 is 25.9. The summed E-state index contributed by atoms with van der Waals surface area (Å²) in [6.45, 7) is 3.51. The Balaban J connectivity index is 2.11. The molecule has 0 aliphatic heterocycles. The van der Waals surface area contributed by atoms with Gasteiger partial charge in [-0.2, -0.15) is 0 Å². The summed E-state index contributed by atoms with van der Waals surface area (Å²) in [6, 6.07) is 16.9. The molecule has 7 heteroatoms. The minimum atomic E-state index is -4.02. The number of sulfone groups is 1. The smallest absolute Gasteiger partial charge is 0.186 e. The Morgan fingerprint density at radius 3 is 2.29 bits per heavy atom. The van der Waals surface area contributed by atoms with Crippen molar-refractivity contribution in [2.24, 2.45) is 0 Å². The van der Waals surface area contributed by atoms with E-state index in [2.05, 4.69) is 6.58 Å². The molecule has 4 nitrogen and oxygen atoms in total. The predicted molar refractivity (Wildman–Crippen MR) is 113 cm³/mol. The van der Waals surface area contributed by atoms with Crippen molar-refractivity contribution in [2.75, 3.05) is 0 Å². The molecule has 0 bridgehead atoms. The second-order valence-electron chi connectivity index (χ2n) is 6.18. The molecule has 3 rings (SSSR count). The highest BCUT2D eigenvalue weighted by Gasteiger charge is 2.24. The molecule has 3 aromatic rings. The maximum absolute atomic E-state index is 13.0. The molecule has 0 fully saturated rings. The molecule has 0 unspecified atom stereocenters. The van der Waals surface area contributed by atoms with Crippen molar-refractivity contribution < 1.29 is 18.6 Å². The van der Waals surface area contributed by atoms with Crippen LogP contribution in [0.25, 0.3) is 16.9 Å². The number of aliphatic hydroxyl groups excluding tert-OH is 1. The molecule has 0 saturated carbocycles. The highest BCUT2D eigenvalue weighted by Crippen LogP contribution is 2.36. The molecule has 0 aliphatic carbocycles. The van der Waals surface area contributed by atoms with Crippen LogP contribution in [0.3, 0.4) is 0 Å². The summed E-state index contributed by atoms with van der Waals surface area (Å²) in [5, 5.41) is 19.9. The molecule has 0 saturated heterocycles. The molecule has 0 atom stereocenters. The molecule has 0 heterocycles. The number of hydrogen-bond donors (Lipinski definition) is 2. The number of rotatable bonds is 5. The number of hydrogen-bond acceptors (Lipinski definition) is 4. The quantitative estimate of drug-likeness (QED) is 0.492. The summed E-state index contributed by atoms with van der Waals surface area (Å²) in [4.78, 5) is -0.371. The van der Waals surface area contributed by atoms with Crippen molar-refractivity contribution in [1.82, 2.24) is 0 Å². The van der Waals surface area contributed by atoms with Crippen LogP contribution in [0.15, 0.2) is 72.1 Å². The lowest BCUT2D eigenvalue weighted by molar-refractivity contribution is 0.459. The van der Waals surface area contributed by atoms with Gasteiger partial charge in [-0.25, -0.2) is 8.42 Å². The van der Waals surface area contributed by atoms with Crippen molar-refractivity contribution in [3.63, 3.8) is 0 Å². The van der Waals surface area contributed by atoms with E-state index >= 15 is 0 Å². The molecule has 0 aliphatic rings. The Hall–Kier alpha value is -2.47. The third-order valence-corrected chi connectivity index (χ3v) is 6.38. The Bertz CT molecular complexity index is 1160. The number of halogens is 2.